The largest absolute Gasteiger partial charge is 0.469 e. The summed E-state index contributed by atoms with van der Waals surface area (Å²) in [6.45, 7) is 0. The summed E-state index contributed by atoms with van der Waals surface area (Å²) in [5, 5.41) is 1.29. The van der Waals surface area contributed by atoms with E-state index in [1.165, 1.54) is 13.3 Å². The molecule has 3 aromatic heterocycles. The number of fused-ring (bicyclic) bond motifs is 4. The van der Waals surface area contributed by atoms with Crippen molar-refractivity contribution in [3.8, 4) is 11.4 Å². The summed E-state index contributed by atoms with van der Waals surface area (Å²) in [6.07, 6.45) is 9.18. The molecule has 0 radical (unpaired) electrons. The zero-order chi connectivity index (χ0) is 20.8. The fourth-order valence-electron chi connectivity index (χ4n) is 5.43. The van der Waals surface area contributed by atoms with E-state index in [9.17, 15) is 9.18 Å². The minimum absolute atomic E-state index is 0.0429. The molecule has 3 aromatic rings. The molecule has 8 heteroatoms. The van der Waals surface area contributed by atoms with Crippen molar-refractivity contribution in [3.05, 3.63) is 41.2 Å². The maximum absolute atomic E-state index is 14.7. The van der Waals surface area contributed by atoms with Crippen molar-refractivity contribution in [2.75, 3.05) is 7.11 Å². The highest BCUT2D eigenvalue weighted by molar-refractivity contribution is 6.31. The molecule has 6 rings (SSSR count). The quantitative estimate of drug-likeness (QED) is 0.615. The number of pyridine rings is 1. The van der Waals surface area contributed by atoms with E-state index in [-0.39, 0.29) is 17.8 Å². The topological polar surface area (TPSA) is 80.8 Å². The fourth-order valence-corrected chi connectivity index (χ4v) is 5.59. The number of esters is 1. The van der Waals surface area contributed by atoms with Gasteiger partial charge in [-0.3, -0.25) is 4.79 Å². The van der Waals surface area contributed by atoms with Crippen molar-refractivity contribution in [3.63, 3.8) is 0 Å². The molecular weight excluding hydrogens is 407 g/mol. The number of aromatic nitrogens is 4. The molecule has 156 valence electrons. The summed E-state index contributed by atoms with van der Waals surface area (Å²) >= 11 is 6.09. The summed E-state index contributed by atoms with van der Waals surface area (Å²) in [5.41, 5.74) is 1.73. The molecule has 2 atom stereocenters. The average molecular weight is 429 g/mol. The highest BCUT2D eigenvalue weighted by atomic mass is 35.5. The molecule has 6 nitrogen and oxygen atoms in total. The highest BCUT2D eigenvalue weighted by Gasteiger charge is 2.47. The van der Waals surface area contributed by atoms with Crippen LogP contribution in [0.5, 0.6) is 0 Å². The van der Waals surface area contributed by atoms with Crippen LogP contribution in [0.4, 0.5) is 4.39 Å². The molecule has 3 heterocycles. The Bertz CT molecular complexity index is 1110. The molecule has 3 saturated carbocycles. The minimum atomic E-state index is -0.445. The molecule has 0 aliphatic heterocycles. The summed E-state index contributed by atoms with van der Waals surface area (Å²) in [5.74, 6) is 0.364. The third-order valence-electron chi connectivity index (χ3n) is 6.85. The molecular formula is C22H22ClFN4O2. The second-order valence-corrected chi connectivity index (χ2v) is 8.77. The smallest absolute Gasteiger partial charge is 0.309 e. The van der Waals surface area contributed by atoms with E-state index in [1.54, 1.807) is 18.5 Å². The molecule has 0 amide bonds. The van der Waals surface area contributed by atoms with Gasteiger partial charge in [0.15, 0.2) is 11.6 Å². The first-order valence-electron chi connectivity index (χ1n) is 10.3. The van der Waals surface area contributed by atoms with Crippen molar-refractivity contribution in [2.24, 2.45) is 23.7 Å². The third kappa shape index (κ3) is 3.25. The Hall–Kier alpha value is -2.54. The molecule has 1 N–H and O–H groups in total. The Balaban J connectivity index is 1.50. The Labute approximate surface area is 178 Å². The van der Waals surface area contributed by atoms with Gasteiger partial charge in [0, 0.05) is 23.3 Å². The molecule has 3 fully saturated rings. The number of nitrogens with one attached hydrogen (secondary N) is 1. The molecule has 0 aromatic carbocycles. The van der Waals surface area contributed by atoms with Crippen molar-refractivity contribution < 1.29 is 13.9 Å². The number of halogens is 2. The van der Waals surface area contributed by atoms with Gasteiger partial charge in [0.05, 0.1) is 29.9 Å². The van der Waals surface area contributed by atoms with Crippen LogP contribution in [-0.4, -0.2) is 33.0 Å². The Kier molecular flexibility index (Phi) is 4.93. The van der Waals surface area contributed by atoms with Gasteiger partial charge in [-0.15, -0.1) is 0 Å². The molecule has 2 bridgehead atoms. The van der Waals surface area contributed by atoms with Gasteiger partial charge in [0.1, 0.15) is 5.65 Å². The van der Waals surface area contributed by atoms with Gasteiger partial charge in [0.25, 0.3) is 0 Å². The molecule has 3 aliphatic carbocycles. The van der Waals surface area contributed by atoms with E-state index in [1.807, 2.05) is 0 Å². The number of ether oxygens (including phenoxy) is 1. The molecule has 0 unspecified atom stereocenters. The van der Waals surface area contributed by atoms with Crippen LogP contribution < -0.4 is 0 Å². The number of aromatic amines is 1. The number of hydrogen-bond acceptors (Lipinski definition) is 5. The van der Waals surface area contributed by atoms with Crippen LogP contribution in [0.25, 0.3) is 22.4 Å². The number of carbonyl (C=O) groups is 1. The summed E-state index contributed by atoms with van der Waals surface area (Å²) in [7, 11) is 1.43. The number of carbonyl (C=O) groups excluding carboxylic acids is 1. The molecule has 0 spiro atoms. The van der Waals surface area contributed by atoms with Crippen LogP contribution in [0.3, 0.4) is 0 Å². The molecule has 0 saturated heterocycles. The maximum Gasteiger partial charge on any atom is 0.309 e. The number of H-pyrrole nitrogens is 1. The van der Waals surface area contributed by atoms with Gasteiger partial charge in [-0.2, -0.15) is 0 Å². The predicted molar refractivity (Wildman–Crippen MR) is 110 cm³/mol. The van der Waals surface area contributed by atoms with Crippen LogP contribution in [0, 0.1) is 29.5 Å². The fraction of sp³-hybridized carbons (Fsp3) is 0.455. The lowest BCUT2D eigenvalue weighted by molar-refractivity contribution is -0.156. The summed E-state index contributed by atoms with van der Waals surface area (Å²) in [4.78, 5) is 28.6. The lowest BCUT2D eigenvalue weighted by Crippen LogP contribution is -2.45. The van der Waals surface area contributed by atoms with E-state index in [4.69, 9.17) is 16.3 Å². The van der Waals surface area contributed by atoms with Crippen LogP contribution >= 0.6 is 11.6 Å². The van der Waals surface area contributed by atoms with E-state index in [0.29, 0.717) is 40.4 Å². The summed E-state index contributed by atoms with van der Waals surface area (Å²) in [6, 6.07) is 1.79. The first kappa shape index (κ1) is 19.4. The number of nitrogens with zero attached hydrogens (tertiary/aromatic N) is 3. The monoisotopic (exact) mass is 428 g/mol. The predicted octanol–water partition coefficient (Wildman–Crippen LogP) is 4.58. The number of rotatable bonds is 4. The minimum Gasteiger partial charge on any atom is -0.469 e. The van der Waals surface area contributed by atoms with Crippen molar-refractivity contribution in [2.45, 2.75) is 32.1 Å². The van der Waals surface area contributed by atoms with Crippen molar-refractivity contribution in [1.82, 2.24) is 19.9 Å². The van der Waals surface area contributed by atoms with Gasteiger partial charge < -0.3 is 9.72 Å². The van der Waals surface area contributed by atoms with Crippen LogP contribution in [0.2, 0.25) is 5.02 Å². The van der Waals surface area contributed by atoms with E-state index < -0.39 is 5.82 Å². The lowest BCUT2D eigenvalue weighted by atomic mass is 9.57. The molecule has 30 heavy (non-hydrogen) atoms. The second-order valence-electron chi connectivity index (χ2n) is 8.33. The van der Waals surface area contributed by atoms with Gasteiger partial charge >= 0.3 is 5.97 Å². The zero-order valence-corrected chi connectivity index (χ0v) is 17.3. The van der Waals surface area contributed by atoms with Crippen LogP contribution in [0.1, 0.15) is 31.4 Å². The van der Waals surface area contributed by atoms with E-state index >= 15 is 0 Å². The van der Waals surface area contributed by atoms with Gasteiger partial charge in [0.2, 0.25) is 0 Å². The SMILES string of the molecule is COC(=O)[C@@H]1C2CCC(CC2)[C@@H]1Cc1nc(-c2c[nH]c3ncc(Cl)cc23)ncc1F. The Morgan fingerprint density at radius 3 is 2.77 bits per heavy atom. The average Bonchev–Trinajstić information content (AvgIpc) is 3.18. The maximum atomic E-state index is 14.7. The summed E-state index contributed by atoms with van der Waals surface area (Å²) < 4.78 is 19.8. The standard InChI is InChI=1S/C22H22ClFN4O2/c1-30-22(29)19-12-4-2-11(3-5-12)14(19)7-18-17(24)10-27-21(28-18)16-9-26-20-15(16)6-13(23)8-25-20/h6,8-12,14,19H,2-5,7H2,1H3,(H,25,26)/t11?,12?,14-,19+/m0/s1. The molecule has 3 aliphatic rings. The number of hydrogen-bond donors (Lipinski definition) is 1. The lowest BCUT2D eigenvalue weighted by Gasteiger charge is -2.47. The van der Waals surface area contributed by atoms with E-state index in [2.05, 4.69) is 19.9 Å². The van der Waals surface area contributed by atoms with Crippen LogP contribution in [0.15, 0.2) is 24.7 Å². The second kappa shape index (κ2) is 7.61. The zero-order valence-electron chi connectivity index (χ0n) is 16.6. The van der Waals surface area contributed by atoms with Crippen LogP contribution in [-0.2, 0) is 16.0 Å². The normalized spacial score (nSPS) is 25.6. The van der Waals surface area contributed by atoms with E-state index in [0.717, 1.165) is 36.6 Å². The van der Waals surface area contributed by atoms with Gasteiger partial charge in [-0.25, -0.2) is 19.3 Å². The highest BCUT2D eigenvalue weighted by Crippen LogP contribution is 2.50. The van der Waals surface area contributed by atoms with Crippen molar-refractivity contribution >= 4 is 28.6 Å². The Morgan fingerprint density at radius 2 is 2.00 bits per heavy atom. The van der Waals surface area contributed by atoms with Crippen molar-refractivity contribution in [1.29, 1.82) is 0 Å². The number of methoxy groups -OCH3 is 1. The third-order valence-corrected chi connectivity index (χ3v) is 7.06. The first-order valence-corrected chi connectivity index (χ1v) is 10.6. The first-order chi connectivity index (χ1) is 14.5. The van der Waals surface area contributed by atoms with Gasteiger partial charge in [-0.05, 0) is 55.9 Å². The van der Waals surface area contributed by atoms with Gasteiger partial charge in [-0.1, -0.05) is 11.6 Å². The Morgan fingerprint density at radius 1 is 1.23 bits per heavy atom.